The largest absolute Gasteiger partial charge is 0.351 e. The third-order valence-electron chi connectivity index (χ3n) is 3.32. The summed E-state index contributed by atoms with van der Waals surface area (Å²) in [6.45, 7) is 2.01. The van der Waals surface area contributed by atoms with Gasteiger partial charge in [-0.2, -0.15) is 0 Å². The highest BCUT2D eigenvalue weighted by atomic mass is 35.5. The van der Waals surface area contributed by atoms with Crippen molar-refractivity contribution in [3.63, 3.8) is 0 Å². The maximum Gasteiger partial charge on any atom is 0.136 e. The lowest BCUT2D eigenvalue weighted by Crippen LogP contribution is -2.50. The van der Waals surface area contributed by atoms with Gasteiger partial charge in [0.05, 0.1) is 10.4 Å². The Hall–Kier alpha value is -1.06. The lowest BCUT2D eigenvalue weighted by molar-refractivity contribution is 0.261. The molecule has 0 saturated heterocycles. The summed E-state index contributed by atoms with van der Waals surface area (Å²) in [5.41, 5.74) is 6.03. The minimum Gasteiger partial charge on any atom is -0.351 e. The number of nitrogens with zero attached hydrogens (tertiary/aromatic N) is 2. The van der Waals surface area contributed by atoms with Gasteiger partial charge in [0.25, 0.3) is 0 Å². The number of halogens is 1. The minimum atomic E-state index is 0.0268. The Morgan fingerprint density at radius 1 is 1.47 bits per heavy atom. The van der Waals surface area contributed by atoms with Crippen molar-refractivity contribution < 1.29 is 0 Å². The first-order valence-electron chi connectivity index (χ1n) is 6.04. The molecule has 0 radical (unpaired) electrons. The molecule has 2 aliphatic rings. The first-order valence-corrected chi connectivity index (χ1v) is 6.42. The van der Waals surface area contributed by atoms with Crippen molar-refractivity contribution in [1.29, 1.82) is 0 Å². The third-order valence-corrected chi connectivity index (χ3v) is 3.65. The maximum absolute atomic E-state index is 6.21. The average molecular weight is 250 g/mol. The van der Waals surface area contributed by atoms with Crippen LogP contribution in [-0.4, -0.2) is 23.1 Å². The number of fused-ring (bicyclic) bond motifs is 1. The molecule has 1 aromatic carbocycles. The van der Waals surface area contributed by atoms with Gasteiger partial charge in [0.15, 0.2) is 0 Å². The van der Waals surface area contributed by atoms with Gasteiger partial charge >= 0.3 is 0 Å². The molecule has 1 aliphatic carbocycles. The van der Waals surface area contributed by atoms with Crippen molar-refractivity contribution in [1.82, 2.24) is 4.90 Å². The van der Waals surface area contributed by atoms with E-state index in [0.717, 1.165) is 15.6 Å². The fourth-order valence-electron chi connectivity index (χ4n) is 2.28. The van der Waals surface area contributed by atoms with Crippen LogP contribution in [0.3, 0.4) is 0 Å². The summed E-state index contributed by atoms with van der Waals surface area (Å²) in [5.74, 6) is 0. The highest BCUT2D eigenvalue weighted by Gasteiger charge is 2.34. The molecular formula is C13H16ClN3. The van der Waals surface area contributed by atoms with Gasteiger partial charge in [-0.15, -0.1) is 0 Å². The van der Waals surface area contributed by atoms with Crippen molar-refractivity contribution in [2.75, 3.05) is 0 Å². The van der Waals surface area contributed by atoms with E-state index >= 15 is 0 Å². The zero-order valence-electron chi connectivity index (χ0n) is 9.81. The third kappa shape index (κ3) is 1.94. The lowest BCUT2D eigenvalue weighted by Gasteiger charge is -2.32. The molecule has 1 aromatic rings. The highest BCUT2D eigenvalue weighted by Crippen LogP contribution is 2.30. The zero-order chi connectivity index (χ0) is 12.0. The van der Waals surface area contributed by atoms with E-state index < -0.39 is 0 Å². The number of benzene rings is 1. The predicted octanol–water partition coefficient (Wildman–Crippen LogP) is 0.849. The molecule has 3 rings (SSSR count). The molecule has 4 heteroatoms. The SMILES string of the molecule is CC(N)[C@@H]1N=c2cccc(Cl)c2=CN1C1CC1. The van der Waals surface area contributed by atoms with Crippen molar-refractivity contribution in [2.45, 2.75) is 38.0 Å². The molecule has 2 atom stereocenters. The molecule has 0 bridgehead atoms. The normalized spacial score (nSPS) is 24.6. The molecule has 0 amide bonds. The van der Waals surface area contributed by atoms with E-state index in [1.54, 1.807) is 0 Å². The standard InChI is InChI=1S/C13H16ClN3/c1-8(15)13-16-12-4-2-3-11(14)10(12)7-17(13)9-5-6-9/h2-4,7-9,13H,5-6,15H2,1H3/t8?,13-/m1/s1. The van der Waals surface area contributed by atoms with Crippen LogP contribution in [0, 0.1) is 0 Å². The van der Waals surface area contributed by atoms with Crippen molar-refractivity contribution in [2.24, 2.45) is 10.7 Å². The van der Waals surface area contributed by atoms with Crippen LogP contribution in [0.5, 0.6) is 0 Å². The van der Waals surface area contributed by atoms with Crippen LogP contribution in [0.15, 0.2) is 23.2 Å². The van der Waals surface area contributed by atoms with E-state index in [-0.39, 0.29) is 12.2 Å². The monoisotopic (exact) mass is 249 g/mol. The van der Waals surface area contributed by atoms with Crippen LogP contribution in [0.2, 0.25) is 5.02 Å². The second kappa shape index (κ2) is 4.00. The fraction of sp³-hybridized carbons (Fsp3) is 0.462. The Balaban J connectivity index is 2.15. The molecular weight excluding hydrogens is 234 g/mol. The van der Waals surface area contributed by atoms with E-state index in [9.17, 15) is 0 Å². The summed E-state index contributed by atoms with van der Waals surface area (Å²) in [6, 6.07) is 6.46. The number of hydrogen-bond donors (Lipinski definition) is 1. The van der Waals surface area contributed by atoms with E-state index in [1.165, 1.54) is 12.8 Å². The van der Waals surface area contributed by atoms with Gasteiger partial charge in [0.2, 0.25) is 0 Å². The summed E-state index contributed by atoms with van der Waals surface area (Å²) in [7, 11) is 0. The average Bonchev–Trinajstić information content (AvgIpc) is 3.12. The van der Waals surface area contributed by atoms with Gasteiger partial charge in [-0.05, 0) is 31.9 Å². The van der Waals surface area contributed by atoms with E-state index in [2.05, 4.69) is 11.1 Å². The molecule has 90 valence electrons. The lowest BCUT2D eigenvalue weighted by atomic mass is 10.2. The molecule has 3 nitrogen and oxygen atoms in total. The first-order chi connectivity index (χ1) is 8.16. The Morgan fingerprint density at radius 3 is 2.88 bits per heavy atom. The smallest absolute Gasteiger partial charge is 0.136 e. The van der Waals surface area contributed by atoms with Gasteiger partial charge in [-0.1, -0.05) is 17.7 Å². The molecule has 2 N–H and O–H groups in total. The predicted molar refractivity (Wildman–Crippen MR) is 69.0 cm³/mol. The molecule has 1 unspecified atom stereocenters. The molecule has 1 aliphatic heterocycles. The summed E-state index contributed by atoms with van der Waals surface area (Å²) in [6.07, 6.45) is 4.65. The molecule has 0 aromatic heterocycles. The Labute approximate surface area is 106 Å². The van der Waals surface area contributed by atoms with E-state index in [4.69, 9.17) is 22.3 Å². The fourth-order valence-corrected chi connectivity index (χ4v) is 2.50. The molecule has 0 spiro atoms. The molecule has 17 heavy (non-hydrogen) atoms. The van der Waals surface area contributed by atoms with Crippen LogP contribution in [-0.2, 0) is 0 Å². The van der Waals surface area contributed by atoms with Crippen LogP contribution in [0.25, 0.3) is 6.20 Å². The Kier molecular flexibility index (Phi) is 2.60. The van der Waals surface area contributed by atoms with E-state index in [1.807, 2.05) is 25.1 Å². The summed E-state index contributed by atoms with van der Waals surface area (Å²) in [4.78, 5) is 7.01. The number of nitrogens with two attached hydrogens (primary N) is 1. The summed E-state index contributed by atoms with van der Waals surface area (Å²) < 4.78 is 0. The van der Waals surface area contributed by atoms with Crippen LogP contribution < -0.4 is 16.3 Å². The van der Waals surface area contributed by atoms with Gasteiger partial charge in [0.1, 0.15) is 6.17 Å². The van der Waals surface area contributed by atoms with Gasteiger partial charge in [-0.25, -0.2) is 0 Å². The van der Waals surface area contributed by atoms with Crippen molar-refractivity contribution >= 4 is 17.8 Å². The minimum absolute atomic E-state index is 0.0268. The van der Waals surface area contributed by atoms with Crippen molar-refractivity contribution in [3.05, 3.63) is 33.8 Å². The van der Waals surface area contributed by atoms with Crippen molar-refractivity contribution in [3.8, 4) is 0 Å². The Bertz CT molecular complexity index is 548. The number of rotatable bonds is 2. The maximum atomic E-state index is 6.21. The van der Waals surface area contributed by atoms with Crippen LogP contribution in [0.4, 0.5) is 0 Å². The Morgan fingerprint density at radius 2 is 2.24 bits per heavy atom. The topological polar surface area (TPSA) is 41.6 Å². The summed E-state index contributed by atoms with van der Waals surface area (Å²) >= 11 is 6.21. The first kappa shape index (κ1) is 11.1. The van der Waals surface area contributed by atoms with Gasteiger partial charge < -0.3 is 10.6 Å². The molecule has 1 fully saturated rings. The highest BCUT2D eigenvalue weighted by molar-refractivity contribution is 6.30. The van der Waals surface area contributed by atoms with Gasteiger partial charge in [0, 0.05) is 23.5 Å². The second-order valence-electron chi connectivity index (χ2n) is 4.88. The molecule has 1 heterocycles. The second-order valence-corrected chi connectivity index (χ2v) is 5.29. The van der Waals surface area contributed by atoms with Crippen LogP contribution in [0.1, 0.15) is 19.8 Å². The zero-order valence-corrected chi connectivity index (χ0v) is 10.6. The summed E-state index contributed by atoms with van der Waals surface area (Å²) in [5, 5.41) is 2.75. The van der Waals surface area contributed by atoms with Crippen LogP contribution >= 0.6 is 11.6 Å². The quantitative estimate of drug-likeness (QED) is 0.844. The number of hydrogen-bond acceptors (Lipinski definition) is 3. The van der Waals surface area contributed by atoms with Gasteiger partial charge in [-0.3, -0.25) is 4.99 Å². The van der Waals surface area contributed by atoms with E-state index in [0.29, 0.717) is 6.04 Å². The molecule has 1 saturated carbocycles.